The minimum absolute atomic E-state index is 0.254. The SMILES string of the molecule is O=C(COC(=O)c1ccc2nccnc2c1)Nc1ccc(SC(F)F)cc1. The van der Waals surface area contributed by atoms with Gasteiger partial charge in [0.1, 0.15) is 0 Å². The molecule has 2 aromatic carbocycles. The number of carbonyl (C=O) groups excluding carboxylic acids is 2. The topological polar surface area (TPSA) is 81.2 Å². The van der Waals surface area contributed by atoms with Crippen LogP contribution in [0.15, 0.2) is 59.8 Å². The molecular weight excluding hydrogens is 376 g/mol. The maximum atomic E-state index is 12.3. The lowest BCUT2D eigenvalue weighted by atomic mass is 10.2. The lowest BCUT2D eigenvalue weighted by Gasteiger charge is -2.08. The average molecular weight is 389 g/mol. The molecule has 0 saturated heterocycles. The molecule has 1 aromatic heterocycles. The molecule has 0 bridgehead atoms. The third kappa shape index (κ3) is 5.20. The van der Waals surface area contributed by atoms with Crippen molar-refractivity contribution in [2.24, 2.45) is 0 Å². The normalized spacial score (nSPS) is 10.8. The number of hydrogen-bond acceptors (Lipinski definition) is 6. The van der Waals surface area contributed by atoms with Crippen molar-refractivity contribution in [3.05, 3.63) is 60.4 Å². The molecular formula is C18H13F2N3O3S. The van der Waals surface area contributed by atoms with Gasteiger partial charge in [0.2, 0.25) is 0 Å². The smallest absolute Gasteiger partial charge is 0.338 e. The summed E-state index contributed by atoms with van der Waals surface area (Å²) in [7, 11) is 0. The molecule has 0 radical (unpaired) electrons. The van der Waals surface area contributed by atoms with Crippen molar-refractivity contribution >= 4 is 40.4 Å². The molecule has 0 aliphatic heterocycles. The molecule has 9 heteroatoms. The van der Waals surface area contributed by atoms with E-state index in [4.69, 9.17) is 4.74 Å². The Morgan fingerprint density at radius 3 is 2.44 bits per heavy atom. The molecule has 138 valence electrons. The molecule has 0 spiro atoms. The van der Waals surface area contributed by atoms with Gasteiger partial charge in [0.25, 0.3) is 11.7 Å². The first kappa shape index (κ1) is 18.7. The van der Waals surface area contributed by atoms with Gasteiger partial charge in [-0.2, -0.15) is 8.78 Å². The van der Waals surface area contributed by atoms with Crippen LogP contribution in [0.1, 0.15) is 10.4 Å². The van der Waals surface area contributed by atoms with Crippen LogP contribution in [0, 0.1) is 0 Å². The number of halogens is 2. The number of benzene rings is 2. The van der Waals surface area contributed by atoms with Gasteiger partial charge in [-0.1, -0.05) is 11.8 Å². The Kier molecular flexibility index (Phi) is 5.92. The second-order valence-electron chi connectivity index (χ2n) is 5.29. The van der Waals surface area contributed by atoms with Gasteiger partial charge in [0.15, 0.2) is 6.61 Å². The summed E-state index contributed by atoms with van der Waals surface area (Å²) >= 11 is 0.414. The minimum atomic E-state index is -2.51. The Morgan fingerprint density at radius 1 is 1.04 bits per heavy atom. The summed E-state index contributed by atoms with van der Waals surface area (Å²) in [5, 5.41) is 2.52. The second kappa shape index (κ2) is 8.54. The molecule has 6 nitrogen and oxygen atoms in total. The van der Waals surface area contributed by atoms with E-state index in [0.717, 1.165) is 0 Å². The van der Waals surface area contributed by atoms with Gasteiger partial charge in [-0.15, -0.1) is 0 Å². The average Bonchev–Trinajstić information content (AvgIpc) is 2.67. The van der Waals surface area contributed by atoms with E-state index in [2.05, 4.69) is 15.3 Å². The molecule has 0 saturated carbocycles. The van der Waals surface area contributed by atoms with Crippen LogP contribution in [0.5, 0.6) is 0 Å². The highest BCUT2D eigenvalue weighted by molar-refractivity contribution is 7.99. The Hall–Kier alpha value is -3.07. The lowest BCUT2D eigenvalue weighted by molar-refractivity contribution is -0.119. The van der Waals surface area contributed by atoms with Gasteiger partial charge in [0, 0.05) is 23.0 Å². The second-order valence-corrected chi connectivity index (χ2v) is 6.35. The highest BCUT2D eigenvalue weighted by atomic mass is 32.2. The largest absolute Gasteiger partial charge is 0.452 e. The Bertz CT molecular complexity index is 967. The number of esters is 1. The number of carbonyl (C=O) groups is 2. The number of thioether (sulfide) groups is 1. The van der Waals surface area contributed by atoms with Crippen molar-refractivity contribution in [1.82, 2.24) is 9.97 Å². The van der Waals surface area contributed by atoms with Crippen LogP contribution in [0.3, 0.4) is 0 Å². The number of anilines is 1. The Morgan fingerprint density at radius 2 is 1.74 bits per heavy atom. The first-order valence-corrected chi connectivity index (χ1v) is 8.62. The molecule has 0 fully saturated rings. The van der Waals surface area contributed by atoms with Gasteiger partial charge in [-0.3, -0.25) is 14.8 Å². The van der Waals surface area contributed by atoms with E-state index in [1.165, 1.54) is 42.6 Å². The molecule has 0 atom stereocenters. The number of hydrogen-bond donors (Lipinski definition) is 1. The monoisotopic (exact) mass is 389 g/mol. The van der Waals surface area contributed by atoms with E-state index in [1.807, 2.05) is 0 Å². The lowest BCUT2D eigenvalue weighted by Crippen LogP contribution is -2.20. The maximum Gasteiger partial charge on any atom is 0.338 e. The van der Waals surface area contributed by atoms with E-state index < -0.39 is 24.2 Å². The van der Waals surface area contributed by atoms with Crippen LogP contribution in [0.25, 0.3) is 11.0 Å². The fourth-order valence-corrected chi connectivity index (χ4v) is 2.72. The van der Waals surface area contributed by atoms with E-state index in [0.29, 0.717) is 33.4 Å². The number of fused-ring (bicyclic) bond motifs is 1. The summed E-state index contributed by atoms with van der Waals surface area (Å²) in [5.74, 6) is -3.72. The summed E-state index contributed by atoms with van der Waals surface area (Å²) in [6.07, 6.45) is 3.05. The van der Waals surface area contributed by atoms with Crippen molar-refractivity contribution in [1.29, 1.82) is 0 Å². The number of alkyl halides is 2. The van der Waals surface area contributed by atoms with Crippen LogP contribution in [0.4, 0.5) is 14.5 Å². The number of amides is 1. The summed E-state index contributed by atoms with van der Waals surface area (Å²) in [5.41, 5.74) is 1.85. The highest BCUT2D eigenvalue weighted by Gasteiger charge is 2.12. The first-order valence-electron chi connectivity index (χ1n) is 7.74. The number of ether oxygens (including phenoxy) is 1. The summed E-state index contributed by atoms with van der Waals surface area (Å²) in [6.45, 7) is -0.481. The van der Waals surface area contributed by atoms with Crippen molar-refractivity contribution < 1.29 is 23.1 Å². The minimum Gasteiger partial charge on any atom is -0.452 e. The van der Waals surface area contributed by atoms with Crippen molar-refractivity contribution in [2.45, 2.75) is 10.7 Å². The molecule has 0 unspecified atom stereocenters. The Balaban J connectivity index is 1.54. The van der Waals surface area contributed by atoms with Gasteiger partial charge >= 0.3 is 5.97 Å². The summed E-state index contributed by atoms with van der Waals surface area (Å²) in [4.78, 5) is 32.5. The zero-order chi connectivity index (χ0) is 19.2. The highest BCUT2D eigenvalue weighted by Crippen LogP contribution is 2.26. The standard InChI is InChI=1S/C18H13F2N3O3S/c19-18(20)27-13-4-2-12(3-5-13)23-16(24)10-26-17(25)11-1-6-14-15(9-11)22-8-7-21-14/h1-9,18H,10H2,(H,23,24). The van der Waals surface area contributed by atoms with Crippen LogP contribution < -0.4 is 5.32 Å². The predicted octanol–water partition coefficient (Wildman–Crippen LogP) is 3.74. The van der Waals surface area contributed by atoms with Crippen molar-refractivity contribution in [3.8, 4) is 0 Å². The van der Waals surface area contributed by atoms with Crippen molar-refractivity contribution in [2.75, 3.05) is 11.9 Å². The fraction of sp³-hybridized carbons (Fsp3) is 0.111. The molecule has 27 heavy (non-hydrogen) atoms. The molecule has 3 rings (SSSR count). The zero-order valence-electron chi connectivity index (χ0n) is 13.8. The number of nitrogens with zero attached hydrogens (tertiary/aromatic N) is 2. The van der Waals surface area contributed by atoms with Crippen LogP contribution in [-0.2, 0) is 9.53 Å². The van der Waals surface area contributed by atoms with E-state index >= 15 is 0 Å². The third-order valence-electron chi connectivity index (χ3n) is 3.40. The van der Waals surface area contributed by atoms with Crippen LogP contribution in [-0.4, -0.2) is 34.2 Å². The van der Waals surface area contributed by atoms with E-state index in [1.54, 1.807) is 12.3 Å². The molecule has 1 heterocycles. The number of nitrogens with one attached hydrogen (secondary N) is 1. The van der Waals surface area contributed by atoms with E-state index in [9.17, 15) is 18.4 Å². The van der Waals surface area contributed by atoms with Crippen LogP contribution in [0.2, 0.25) is 0 Å². The fourth-order valence-electron chi connectivity index (χ4n) is 2.22. The molecule has 1 amide bonds. The van der Waals surface area contributed by atoms with E-state index in [-0.39, 0.29) is 5.56 Å². The number of rotatable bonds is 6. The molecule has 0 aliphatic carbocycles. The summed E-state index contributed by atoms with van der Waals surface area (Å²) < 4.78 is 29.5. The molecule has 0 aliphatic rings. The van der Waals surface area contributed by atoms with Gasteiger partial charge in [0.05, 0.1) is 16.6 Å². The quantitative estimate of drug-likeness (QED) is 0.511. The van der Waals surface area contributed by atoms with Gasteiger partial charge in [-0.05, 0) is 42.5 Å². The Labute approximate surface area is 157 Å². The summed E-state index contributed by atoms with van der Waals surface area (Å²) in [6, 6.07) is 10.6. The zero-order valence-corrected chi connectivity index (χ0v) is 14.6. The first-order chi connectivity index (χ1) is 13.0. The number of aromatic nitrogens is 2. The molecule has 1 N–H and O–H groups in total. The van der Waals surface area contributed by atoms with Gasteiger partial charge < -0.3 is 10.1 Å². The predicted molar refractivity (Wildman–Crippen MR) is 96.8 cm³/mol. The molecule has 3 aromatic rings. The van der Waals surface area contributed by atoms with Gasteiger partial charge in [-0.25, -0.2) is 4.79 Å². The maximum absolute atomic E-state index is 12.3. The third-order valence-corrected chi connectivity index (χ3v) is 4.13. The van der Waals surface area contributed by atoms with Crippen molar-refractivity contribution in [3.63, 3.8) is 0 Å². The van der Waals surface area contributed by atoms with Crippen LogP contribution >= 0.6 is 11.8 Å².